The zero-order chi connectivity index (χ0) is 13.6. The zero-order valence-electron chi connectivity index (χ0n) is 10.8. The topological polar surface area (TPSA) is 29.3 Å². The van der Waals surface area contributed by atoms with Crippen molar-refractivity contribution in [2.24, 2.45) is 0 Å². The Kier molecular flexibility index (Phi) is 2.94. The molecule has 0 amide bonds. The van der Waals surface area contributed by atoms with Crippen molar-refractivity contribution in [2.75, 3.05) is 13.1 Å². The van der Waals surface area contributed by atoms with Crippen LogP contribution in [0.5, 0.6) is 0 Å². The lowest BCUT2D eigenvalue weighted by Crippen LogP contribution is -2.58. The number of halogens is 1. The van der Waals surface area contributed by atoms with Gasteiger partial charge in [-0.05, 0) is 17.7 Å². The minimum absolute atomic E-state index is 0.199. The third-order valence-electron chi connectivity index (χ3n) is 4.05. The van der Waals surface area contributed by atoms with Crippen molar-refractivity contribution in [2.45, 2.75) is 11.8 Å². The molecule has 3 nitrogen and oxygen atoms in total. The summed E-state index contributed by atoms with van der Waals surface area (Å²) in [5.74, 6) is 0. The van der Waals surface area contributed by atoms with Gasteiger partial charge in [-0.15, -0.1) is 11.3 Å². The number of rotatable bonds is 3. The fourth-order valence-electron chi connectivity index (χ4n) is 2.87. The molecule has 1 aliphatic rings. The van der Waals surface area contributed by atoms with Gasteiger partial charge < -0.3 is 5.32 Å². The minimum atomic E-state index is 0.199. The quantitative estimate of drug-likeness (QED) is 0.787. The van der Waals surface area contributed by atoms with E-state index >= 15 is 0 Å². The molecule has 0 bridgehead atoms. The van der Waals surface area contributed by atoms with Gasteiger partial charge in [0.15, 0.2) is 4.96 Å². The maximum atomic E-state index is 4.73. The van der Waals surface area contributed by atoms with Crippen molar-refractivity contribution in [3.63, 3.8) is 0 Å². The van der Waals surface area contributed by atoms with Gasteiger partial charge in [-0.3, -0.25) is 4.40 Å². The molecule has 1 fully saturated rings. The van der Waals surface area contributed by atoms with Crippen LogP contribution in [-0.4, -0.2) is 22.5 Å². The van der Waals surface area contributed by atoms with Crippen molar-refractivity contribution >= 4 is 32.2 Å². The van der Waals surface area contributed by atoms with E-state index in [1.807, 2.05) is 0 Å². The first-order chi connectivity index (χ1) is 9.75. The van der Waals surface area contributed by atoms with Crippen molar-refractivity contribution in [3.05, 3.63) is 57.8 Å². The first-order valence-electron chi connectivity index (χ1n) is 6.63. The largest absolute Gasteiger partial charge is 0.315 e. The van der Waals surface area contributed by atoms with E-state index < -0.39 is 0 Å². The number of imidazole rings is 1. The van der Waals surface area contributed by atoms with E-state index in [9.17, 15) is 0 Å². The number of fused-ring (bicyclic) bond motifs is 1. The second-order valence-corrected chi connectivity index (χ2v) is 7.18. The molecule has 1 aromatic carbocycles. The molecule has 0 saturated carbocycles. The molecule has 0 aliphatic carbocycles. The molecular weight excluding hydrogens is 334 g/mol. The lowest BCUT2D eigenvalue weighted by atomic mass is 9.72. The fourth-order valence-corrected chi connectivity index (χ4v) is 3.85. The summed E-state index contributed by atoms with van der Waals surface area (Å²) in [7, 11) is 0. The lowest BCUT2D eigenvalue weighted by Gasteiger charge is -2.43. The molecule has 3 aromatic rings. The van der Waals surface area contributed by atoms with E-state index in [-0.39, 0.29) is 5.41 Å². The standard InChI is InChI=1S/C15H14BrN3S/c16-12-3-1-11(2-4-12)15(9-17-10-15)7-13-8-19-5-6-20-14(19)18-13/h1-6,8,17H,7,9-10H2. The Bertz CT molecular complexity index is 711. The molecule has 3 heterocycles. The number of benzene rings is 1. The lowest BCUT2D eigenvalue weighted by molar-refractivity contribution is 0.273. The molecule has 1 saturated heterocycles. The van der Waals surface area contributed by atoms with Crippen molar-refractivity contribution < 1.29 is 0 Å². The third-order valence-corrected chi connectivity index (χ3v) is 5.35. The molecule has 4 rings (SSSR count). The summed E-state index contributed by atoms with van der Waals surface area (Å²) < 4.78 is 3.24. The van der Waals surface area contributed by atoms with Gasteiger partial charge in [-0.2, -0.15) is 0 Å². The highest BCUT2D eigenvalue weighted by atomic mass is 79.9. The summed E-state index contributed by atoms with van der Waals surface area (Å²) in [4.78, 5) is 5.81. The SMILES string of the molecule is Brc1ccc(C2(Cc3cn4ccsc4n3)CNC2)cc1. The summed E-state index contributed by atoms with van der Waals surface area (Å²) in [6, 6.07) is 8.70. The van der Waals surface area contributed by atoms with Crippen LogP contribution in [0.2, 0.25) is 0 Å². The number of aromatic nitrogens is 2. The number of hydrogen-bond donors (Lipinski definition) is 1. The Hall–Kier alpha value is -1.17. The molecule has 0 atom stereocenters. The van der Waals surface area contributed by atoms with Gasteiger partial charge >= 0.3 is 0 Å². The normalized spacial score (nSPS) is 17.2. The Morgan fingerprint density at radius 2 is 2.10 bits per heavy atom. The fraction of sp³-hybridized carbons (Fsp3) is 0.267. The van der Waals surface area contributed by atoms with Crippen LogP contribution in [0.4, 0.5) is 0 Å². The smallest absolute Gasteiger partial charge is 0.193 e. The van der Waals surface area contributed by atoms with Gasteiger partial charge in [0, 0.05) is 47.2 Å². The van der Waals surface area contributed by atoms with E-state index in [2.05, 4.69) is 67.7 Å². The molecule has 5 heteroatoms. The van der Waals surface area contributed by atoms with Crippen molar-refractivity contribution in [3.8, 4) is 0 Å². The number of thiazole rings is 1. The van der Waals surface area contributed by atoms with E-state index in [1.54, 1.807) is 11.3 Å². The summed E-state index contributed by atoms with van der Waals surface area (Å²) in [6.45, 7) is 2.06. The highest BCUT2D eigenvalue weighted by Crippen LogP contribution is 2.33. The summed E-state index contributed by atoms with van der Waals surface area (Å²) in [6.07, 6.45) is 5.22. The average molecular weight is 348 g/mol. The first kappa shape index (κ1) is 12.6. The van der Waals surface area contributed by atoms with Crippen LogP contribution in [0.15, 0.2) is 46.5 Å². The van der Waals surface area contributed by atoms with Gasteiger partial charge in [-0.1, -0.05) is 28.1 Å². The van der Waals surface area contributed by atoms with Crippen LogP contribution in [0, 0.1) is 0 Å². The summed E-state index contributed by atoms with van der Waals surface area (Å²) in [5.41, 5.74) is 2.78. The highest BCUT2D eigenvalue weighted by Gasteiger charge is 2.39. The number of nitrogens with zero attached hydrogens (tertiary/aromatic N) is 2. The predicted molar refractivity (Wildman–Crippen MR) is 85.5 cm³/mol. The first-order valence-corrected chi connectivity index (χ1v) is 8.30. The molecule has 0 unspecified atom stereocenters. The van der Waals surface area contributed by atoms with E-state index in [1.165, 1.54) is 11.3 Å². The van der Waals surface area contributed by atoms with Crippen molar-refractivity contribution in [1.82, 2.24) is 14.7 Å². The monoisotopic (exact) mass is 347 g/mol. The molecule has 0 radical (unpaired) electrons. The van der Waals surface area contributed by atoms with E-state index in [4.69, 9.17) is 4.98 Å². The second-order valence-electron chi connectivity index (χ2n) is 5.39. The molecule has 1 aliphatic heterocycles. The maximum absolute atomic E-state index is 4.73. The second kappa shape index (κ2) is 4.69. The van der Waals surface area contributed by atoms with Crippen LogP contribution in [0.1, 0.15) is 11.3 Å². The van der Waals surface area contributed by atoms with Gasteiger partial charge in [0.2, 0.25) is 0 Å². The van der Waals surface area contributed by atoms with Gasteiger partial charge in [0.1, 0.15) is 0 Å². The maximum Gasteiger partial charge on any atom is 0.193 e. The van der Waals surface area contributed by atoms with Gasteiger partial charge in [-0.25, -0.2) is 4.98 Å². The molecule has 20 heavy (non-hydrogen) atoms. The van der Waals surface area contributed by atoms with Gasteiger partial charge in [0.25, 0.3) is 0 Å². The number of hydrogen-bond acceptors (Lipinski definition) is 3. The molecular formula is C15H14BrN3S. The third kappa shape index (κ3) is 2.01. The van der Waals surface area contributed by atoms with E-state index in [0.717, 1.165) is 28.9 Å². The van der Waals surface area contributed by atoms with Crippen LogP contribution in [0.3, 0.4) is 0 Å². The molecule has 102 valence electrons. The molecule has 0 spiro atoms. The summed E-state index contributed by atoms with van der Waals surface area (Å²) in [5, 5.41) is 5.49. The van der Waals surface area contributed by atoms with Crippen LogP contribution >= 0.6 is 27.3 Å². The zero-order valence-corrected chi connectivity index (χ0v) is 13.2. The number of nitrogens with one attached hydrogen (secondary N) is 1. The predicted octanol–water partition coefficient (Wildman–Crippen LogP) is 3.24. The summed E-state index contributed by atoms with van der Waals surface area (Å²) >= 11 is 5.19. The minimum Gasteiger partial charge on any atom is -0.315 e. The van der Waals surface area contributed by atoms with Crippen molar-refractivity contribution in [1.29, 1.82) is 0 Å². The Morgan fingerprint density at radius 3 is 2.75 bits per heavy atom. The Balaban J connectivity index is 1.67. The average Bonchev–Trinajstić information content (AvgIpc) is 2.95. The van der Waals surface area contributed by atoms with Crippen LogP contribution < -0.4 is 5.32 Å². The Morgan fingerprint density at radius 1 is 1.30 bits per heavy atom. The van der Waals surface area contributed by atoms with Crippen LogP contribution in [-0.2, 0) is 11.8 Å². The van der Waals surface area contributed by atoms with E-state index in [0.29, 0.717) is 0 Å². The Labute approximate surface area is 129 Å². The molecule has 2 aromatic heterocycles. The molecule has 1 N–H and O–H groups in total. The highest BCUT2D eigenvalue weighted by molar-refractivity contribution is 9.10. The van der Waals surface area contributed by atoms with Crippen LogP contribution in [0.25, 0.3) is 4.96 Å². The van der Waals surface area contributed by atoms with Gasteiger partial charge in [0.05, 0.1) is 5.69 Å².